The molecule has 0 spiro atoms. The second kappa shape index (κ2) is 14.3. The molecule has 1 aliphatic rings. The lowest BCUT2D eigenvalue weighted by Crippen LogP contribution is -2.31. The number of carbonyl (C=O) groups is 3. The summed E-state index contributed by atoms with van der Waals surface area (Å²) < 4.78 is 0. The number of carboxylic acid groups (broad SMARTS) is 1. The van der Waals surface area contributed by atoms with E-state index >= 15 is 0 Å². The van der Waals surface area contributed by atoms with E-state index in [4.69, 9.17) is 5.11 Å². The zero-order valence-electron chi connectivity index (χ0n) is 24.2. The highest BCUT2D eigenvalue weighted by Gasteiger charge is 2.20. The number of anilines is 2. The van der Waals surface area contributed by atoms with Gasteiger partial charge in [-0.2, -0.15) is 0 Å². The molecule has 1 fully saturated rings. The second-order valence-electron chi connectivity index (χ2n) is 10.9. The molecule has 2 amide bonds. The van der Waals surface area contributed by atoms with Gasteiger partial charge < -0.3 is 20.2 Å². The summed E-state index contributed by atoms with van der Waals surface area (Å²) in [6, 6.07) is 33.3. The van der Waals surface area contributed by atoms with Gasteiger partial charge in [0.15, 0.2) is 0 Å². The number of nitrogens with zero attached hydrogens (tertiary/aromatic N) is 2. The summed E-state index contributed by atoms with van der Waals surface area (Å²) in [5.74, 6) is -1.40. The van der Waals surface area contributed by atoms with E-state index in [0.29, 0.717) is 17.7 Å². The van der Waals surface area contributed by atoms with Crippen LogP contribution in [0.3, 0.4) is 0 Å². The molecule has 4 aromatic carbocycles. The fraction of sp³-hybridized carbons (Fsp3) is 0.250. The Kier molecular flexibility index (Phi) is 9.85. The minimum atomic E-state index is -0.963. The number of rotatable bonds is 11. The minimum absolute atomic E-state index is 0.0652. The van der Waals surface area contributed by atoms with Gasteiger partial charge >= 0.3 is 5.97 Å². The van der Waals surface area contributed by atoms with Crippen molar-refractivity contribution in [2.75, 3.05) is 29.4 Å². The van der Waals surface area contributed by atoms with Crippen LogP contribution in [-0.4, -0.2) is 42.5 Å². The van der Waals surface area contributed by atoms with Gasteiger partial charge in [0.05, 0.1) is 13.0 Å². The molecule has 0 unspecified atom stereocenters. The van der Waals surface area contributed by atoms with E-state index in [2.05, 4.69) is 34.5 Å². The van der Waals surface area contributed by atoms with E-state index in [1.165, 1.54) is 30.5 Å². The highest BCUT2D eigenvalue weighted by Crippen LogP contribution is 2.26. The van der Waals surface area contributed by atoms with Gasteiger partial charge in [0.25, 0.3) is 11.8 Å². The van der Waals surface area contributed by atoms with E-state index in [-0.39, 0.29) is 24.8 Å². The molecule has 1 aliphatic heterocycles. The fourth-order valence-corrected chi connectivity index (χ4v) is 5.36. The smallest absolute Gasteiger partial charge is 0.305 e. The summed E-state index contributed by atoms with van der Waals surface area (Å²) in [6.07, 6.45) is 4.32. The Morgan fingerprint density at radius 1 is 0.698 bits per heavy atom. The Morgan fingerprint density at radius 2 is 1.30 bits per heavy atom. The monoisotopic (exact) mass is 575 g/mol. The first-order chi connectivity index (χ1) is 21.0. The zero-order valence-corrected chi connectivity index (χ0v) is 24.2. The first-order valence-corrected chi connectivity index (χ1v) is 14.8. The number of piperidine rings is 1. The molecule has 4 aromatic rings. The third kappa shape index (κ3) is 8.10. The van der Waals surface area contributed by atoms with Crippen LogP contribution in [0.2, 0.25) is 0 Å². The van der Waals surface area contributed by atoms with Gasteiger partial charge in [-0.25, -0.2) is 0 Å². The maximum atomic E-state index is 14.0. The molecule has 0 aromatic heterocycles. The molecular weight excluding hydrogens is 538 g/mol. The van der Waals surface area contributed by atoms with Crippen LogP contribution in [0.4, 0.5) is 11.4 Å². The van der Waals surface area contributed by atoms with E-state index < -0.39 is 5.97 Å². The van der Waals surface area contributed by atoms with E-state index in [1.807, 2.05) is 66.7 Å². The number of carboxylic acids is 1. The fourth-order valence-electron chi connectivity index (χ4n) is 5.36. The van der Waals surface area contributed by atoms with Crippen LogP contribution in [0.25, 0.3) is 0 Å². The van der Waals surface area contributed by atoms with Crippen molar-refractivity contribution >= 4 is 29.2 Å². The number of hydrogen-bond donors (Lipinski definition) is 2. The molecule has 0 radical (unpaired) electrons. The van der Waals surface area contributed by atoms with Gasteiger partial charge in [0.2, 0.25) is 0 Å². The highest BCUT2D eigenvalue weighted by atomic mass is 16.4. The van der Waals surface area contributed by atoms with Crippen LogP contribution in [0.15, 0.2) is 103 Å². The molecule has 0 atom stereocenters. The van der Waals surface area contributed by atoms with Crippen molar-refractivity contribution in [3.8, 4) is 0 Å². The van der Waals surface area contributed by atoms with Crippen molar-refractivity contribution in [2.24, 2.45) is 0 Å². The van der Waals surface area contributed by atoms with Crippen molar-refractivity contribution in [1.29, 1.82) is 0 Å². The maximum Gasteiger partial charge on any atom is 0.305 e. The molecule has 1 saturated heterocycles. The lowest BCUT2D eigenvalue weighted by Gasteiger charge is -2.29. The van der Waals surface area contributed by atoms with E-state index in [9.17, 15) is 14.4 Å². The third-order valence-corrected chi connectivity index (χ3v) is 7.76. The Morgan fingerprint density at radius 3 is 1.95 bits per heavy atom. The summed E-state index contributed by atoms with van der Waals surface area (Å²) in [5, 5.41) is 11.4. The Hall–Kier alpha value is -4.91. The molecule has 43 heavy (non-hydrogen) atoms. The predicted octanol–water partition coefficient (Wildman–Crippen LogP) is 6.32. The normalized spacial score (nSPS) is 12.9. The van der Waals surface area contributed by atoms with Crippen molar-refractivity contribution in [1.82, 2.24) is 5.32 Å². The van der Waals surface area contributed by atoms with Gasteiger partial charge in [-0.1, -0.05) is 54.6 Å². The lowest BCUT2D eigenvalue weighted by molar-refractivity contribution is -0.136. The number of nitrogens with one attached hydrogen (secondary N) is 1. The number of aliphatic carboxylic acids is 1. The Balaban J connectivity index is 1.35. The Labute approximate surface area is 252 Å². The summed E-state index contributed by atoms with van der Waals surface area (Å²) >= 11 is 0. The SMILES string of the molecule is O=C(O)CCNC(=O)c1ccc(CN(C(=O)c2ccc(Cc3ccccc3)cc2)c2ccc(N3CCCCC3)cc2)cc1. The maximum absolute atomic E-state index is 14.0. The number of amides is 2. The van der Waals surface area contributed by atoms with Crippen LogP contribution in [-0.2, 0) is 17.8 Å². The largest absolute Gasteiger partial charge is 0.481 e. The van der Waals surface area contributed by atoms with Crippen molar-refractivity contribution in [2.45, 2.75) is 38.6 Å². The number of hydrogen-bond acceptors (Lipinski definition) is 4. The van der Waals surface area contributed by atoms with Crippen LogP contribution < -0.4 is 15.1 Å². The lowest BCUT2D eigenvalue weighted by atomic mass is 10.0. The first-order valence-electron chi connectivity index (χ1n) is 14.8. The number of benzene rings is 4. The highest BCUT2D eigenvalue weighted by molar-refractivity contribution is 6.06. The zero-order chi connectivity index (χ0) is 30.0. The number of carbonyl (C=O) groups excluding carboxylic acids is 2. The summed E-state index contributed by atoms with van der Waals surface area (Å²) in [7, 11) is 0. The second-order valence-corrected chi connectivity index (χ2v) is 10.9. The molecule has 220 valence electrons. The molecule has 7 nitrogen and oxygen atoms in total. The van der Waals surface area contributed by atoms with Crippen molar-refractivity contribution in [3.05, 3.63) is 131 Å². The van der Waals surface area contributed by atoms with Crippen molar-refractivity contribution in [3.63, 3.8) is 0 Å². The predicted molar refractivity (Wildman–Crippen MR) is 170 cm³/mol. The van der Waals surface area contributed by atoms with Crippen LogP contribution >= 0.6 is 0 Å². The first kappa shape index (κ1) is 29.6. The topological polar surface area (TPSA) is 90.0 Å². The van der Waals surface area contributed by atoms with Crippen LogP contribution in [0.5, 0.6) is 0 Å². The summed E-state index contributed by atoms with van der Waals surface area (Å²) in [6.45, 7) is 2.49. The summed E-state index contributed by atoms with van der Waals surface area (Å²) in [5.41, 5.74) is 6.23. The van der Waals surface area contributed by atoms with Gasteiger partial charge in [0, 0.05) is 42.1 Å². The van der Waals surface area contributed by atoms with Gasteiger partial charge in [-0.3, -0.25) is 14.4 Å². The Bertz CT molecular complexity index is 1510. The molecule has 5 rings (SSSR count). The van der Waals surface area contributed by atoms with Crippen LogP contribution in [0, 0.1) is 0 Å². The minimum Gasteiger partial charge on any atom is -0.481 e. The molecule has 0 saturated carbocycles. The average molecular weight is 576 g/mol. The van der Waals surface area contributed by atoms with Gasteiger partial charge in [0.1, 0.15) is 0 Å². The van der Waals surface area contributed by atoms with Crippen molar-refractivity contribution < 1.29 is 19.5 Å². The summed E-state index contributed by atoms with van der Waals surface area (Å²) in [4.78, 5) is 41.3. The van der Waals surface area contributed by atoms with E-state index in [0.717, 1.165) is 36.3 Å². The molecule has 7 heteroatoms. The van der Waals surface area contributed by atoms with Gasteiger partial charge in [-0.05, 0) is 90.9 Å². The van der Waals surface area contributed by atoms with E-state index in [1.54, 1.807) is 17.0 Å². The molecular formula is C36H37N3O4. The molecule has 0 aliphatic carbocycles. The molecule has 0 bridgehead atoms. The standard InChI is InChI=1S/C36H37N3O4/c40-34(41)21-22-37-35(42)30-13-11-29(12-14-30)26-39(33-19-17-32(18-20-33)38-23-5-2-6-24-38)36(43)31-15-9-28(10-16-31)25-27-7-3-1-4-8-27/h1,3-4,7-20H,2,5-6,21-26H2,(H,37,42)(H,40,41). The average Bonchev–Trinajstić information content (AvgIpc) is 3.05. The third-order valence-electron chi connectivity index (χ3n) is 7.76. The quantitative estimate of drug-likeness (QED) is 0.219. The molecule has 2 N–H and O–H groups in total. The van der Waals surface area contributed by atoms with Crippen LogP contribution in [0.1, 0.15) is 63.1 Å². The van der Waals surface area contributed by atoms with Gasteiger partial charge in [-0.15, -0.1) is 0 Å². The molecule has 1 heterocycles.